The van der Waals surface area contributed by atoms with Crippen molar-refractivity contribution in [2.45, 2.75) is 37.7 Å². The van der Waals surface area contributed by atoms with Gasteiger partial charge in [0, 0.05) is 24.1 Å². The highest BCUT2D eigenvalue weighted by Crippen LogP contribution is 2.24. The summed E-state index contributed by atoms with van der Waals surface area (Å²) in [5, 5.41) is 0.195. The van der Waals surface area contributed by atoms with E-state index >= 15 is 0 Å². The molecule has 1 unspecified atom stereocenters. The second-order valence-corrected chi connectivity index (χ2v) is 7.75. The highest BCUT2D eigenvalue weighted by atomic mass is 32.2. The van der Waals surface area contributed by atoms with Gasteiger partial charge < -0.3 is 0 Å². The largest absolute Gasteiger partial charge is 0.216 e. The first-order chi connectivity index (χ1) is 6.48. The van der Waals surface area contributed by atoms with E-state index in [1.54, 1.807) is 18.2 Å². The van der Waals surface area contributed by atoms with Crippen molar-refractivity contribution in [3.63, 3.8) is 0 Å². The Hall–Kier alpha value is 0.260. The van der Waals surface area contributed by atoms with Crippen LogP contribution in [0.15, 0.2) is 0 Å². The molecule has 3 nitrogen and oxygen atoms in total. The lowest BCUT2D eigenvalue weighted by atomic mass is 10.3. The topological polar surface area (TPSA) is 37.4 Å². The molecular formula is C9H19NO2S2. The predicted molar refractivity (Wildman–Crippen MR) is 62.2 cm³/mol. The van der Waals surface area contributed by atoms with Crippen molar-refractivity contribution >= 4 is 21.8 Å². The van der Waals surface area contributed by atoms with Crippen LogP contribution in [0.2, 0.25) is 0 Å². The molecule has 1 fully saturated rings. The molecule has 0 radical (unpaired) electrons. The number of thioether (sulfide) groups is 1. The van der Waals surface area contributed by atoms with Gasteiger partial charge in [-0.3, -0.25) is 0 Å². The van der Waals surface area contributed by atoms with Gasteiger partial charge in [-0.2, -0.15) is 16.1 Å². The molecule has 14 heavy (non-hydrogen) atoms. The smallest absolute Gasteiger partial charge is 0.212 e. The summed E-state index contributed by atoms with van der Waals surface area (Å²) in [5.74, 6) is 0.935. The van der Waals surface area contributed by atoms with Crippen molar-refractivity contribution in [1.82, 2.24) is 4.31 Å². The van der Waals surface area contributed by atoms with E-state index in [4.69, 9.17) is 0 Å². The summed E-state index contributed by atoms with van der Waals surface area (Å²) in [6.45, 7) is 6.99. The van der Waals surface area contributed by atoms with Crippen LogP contribution < -0.4 is 0 Å². The van der Waals surface area contributed by atoms with Crippen LogP contribution in [0, 0.1) is 0 Å². The van der Waals surface area contributed by atoms with Gasteiger partial charge >= 0.3 is 0 Å². The third-order valence-corrected chi connectivity index (χ3v) is 6.13. The summed E-state index contributed by atoms with van der Waals surface area (Å²) in [6.07, 6.45) is 1.05. The first-order valence-electron chi connectivity index (χ1n) is 5.09. The molecule has 0 aromatic heterocycles. The molecule has 0 amide bonds. The lowest BCUT2D eigenvalue weighted by molar-refractivity contribution is 0.411. The van der Waals surface area contributed by atoms with Gasteiger partial charge in [0.2, 0.25) is 10.0 Å². The van der Waals surface area contributed by atoms with Crippen LogP contribution in [-0.2, 0) is 10.0 Å². The Labute approximate surface area is 91.3 Å². The summed E-state index contributed by atoms with van der Waals surface area (Å²) < 4.78 is 25.4. The van der Waals surface area contributed by atoms with Gasteiger partial charge in [-0.25, -0.2) is 8.42 Å². The molecule has 1 aliphatic rings. The van der Waals surface area contributed by atoms with Crippen LogP contribution in [-0.4, -0.2) is 42.1 Å². The Morgan fingerprint density at radius 2 is 2.14 bits per heavy atom. The van der Waals surface area contributed by atoms with E-state index in [1.807, 2.05) is 11.8 Å². The third kappa shape index (κ3) is 2.64. The van der Waals surface area contributed by atoms with Crippen LogP contribution in [0.5, 0.6) is 0 Å². The Morgan fingerprint density at radius 3 is 2.64 bits per heavy atom. The fourth-order valence-corrected chi connectivity index (χ4v) is 4.19. The van der Waals surface area contributed by atoms with Gasteiger partial charge in [0.05, 0.1) is 5.25 Å². The van der Waals surface area contributed by atoms with Crippen molar-refractivity contribution in [2.75, 3.05) is 18.8 Å². The van der Waals surface area contributed by atoms with Crippen LogP contribution in [0.25, 0.3) is 0 Å². The molecule has 0 aromatic rings. The second kappa shape index (κ2) is 4.86. The number of hydrogen-bond donors (Lipinski definition) is 0. The number of sulfonamides is 1. The molecule has 0 aliphatic carbocycles. The first kappa shape index (κ1) is 12.3. The molecule has 1 aliphatic heterocycles. The zero-order chi connectivity index (χ0) is 10.8. The summed E-state index contributed by atoms with van der Waals surface area (Å²) in [5.41, 5.74) is 0. The molecule has 5 heteroatoms. The van der Waals surface area contributed by atoms with Gasteiger partial charge in [0.1, 0.15) is 0 Å². The minimum absolute atomic E-state index is 0.289. The predicted octanol–water partition coefficient (Wildman–Crippen LogP) is 1.55. The van der Waals surface area contributed by atoms with E-state index < -0.39 is 10.0 Å². The molecule has 0 bridgehead atoms. The lowest BCUT2D eigenvalue weighted by Gasteiger charge is -2.32. The lowest BCUT2D eigenvalue weighted by Crippen LogP contribution is -2.44. The number of rotatable bonds is 3. The molecule has 1 heterocycles. The molecule has 84 valence electrons. The van der Waals surface area contributed by atoms with Crippen molar-refractivity contribution in [3.8, 4) is 0 Å². The first-order valence-corrected chi connectivity index (χ1v) is 7.64. The highest BCUT2D eigenvalue weighted by molar-refractivity contribution is 8.00. The van der Waals surface area contributed by atoms with E-state index in [2.05, 4.69) is 6.92 Å². The monoisotopic (exact) mass is 237 g/mol. The van der Waals surface area contributed by atoms with Crippen molar-refractivity contribution in [2.24, 2.45) is 0 Å². The van der Waals surface area contributed by atoms with Gasteiger partial charge in [0.25, 0.3) is 0 Å². The third-order valence-electron chi connectivity index (χ3n) is 2.51. The highest BCUT2D eigenvalue weighted by Gasteiger charge is 2.30. The maximum Gasteiger partial charge on any atom is 0.216 e. The minimum Gasteiger partial charge on any atom is -0.212 e. The fraction of sp³-hybridized carbons (Fsp3) is 1.00. The maximum atomic E-state index is 11.9. The van der Waals surface area contributed by atoms with Crippen molar-refractivity contribution in [3.05, 3.63) is 0 Å². The minimum atomic E-state index is -3.02. The van der Waals surface area contributed by atoms with E-state index in [1.165, 1.54) is 0 Å². The number of hydrogen-bond acceptors (Lipinski definition) is 3. The summed E-state index contributed by atoms with van der Waals surface area (Å²) >= 11 is 1.89. The Balaban J connectivity index is 2.69. The van der Waals surface area contributed by atoms with Crippen LogP contribution in [0.3, 0.4) is 0 Å². The normalized spacial score (nSPS) is 25.6. The average Bonchev–Trinajstić information content (AvgIpc) is 2.17. The van der Waals surface area contributed by atoms with Gasteiger partial charge in [-0.15, -0.1) is 0 Å². The molecule has 0 aromatic carbocycles. The zero-order valence-corrected chi connectivity index (χ0v) is 10.7. The quantitative estimate of drug-likeness (QED) is 0.747. The van der Waals surface area contributed by atoms with E-state index in [-0.39, 0.29) is 5.25 Å². The van der Waals surface area contributed by atoms with Crippen LogP contribution >= 0.6 is 11.8 Å². The molecule has 0 spiro atoms. The van der Waals surface area contributed by atoms with E-state index in [0.717, 1.165) is 12.2 Å². The standard InChI is InChI=1S/C9H19NO2S2/c1-4-9-7-10(5-6-13-9)14(11,12)8(2)3/h8-9H,4-7H2,1-3H3. The Morgan fingerprint density at radius 1 is 1.50 bits per heavy atom. The molecule has 1 saturated heterocycles. The fourth-order valence-electron chi connectivity index (χ4n) is 1.47. The van der Waals surface area contributed by atoms with Crippen LogP contribution in [0.1, 0.15) is 27.2 Å². The van der Waals surface area contributed by atoms with Crippen molar-refractivity contribution < 1.29 is 8.42 Å². The second-order valence-electron chi connectivity index (χ2n) is 3.85. The maximum absolute atomic E-state index is 11.9. The molecule has 1 atom stereocenters. The molecular weight excluding hydrogens is 218 g/mol. The van der Waals surface area contributed by atoms with Gasteiger partial charge in [-0.05, 0) is 20.3 Å². The van der Waals surface area contributed by atoms with Crippen LogP contribution in [0.4, 0.5) is 0 Å². The summed E-state index contributed by atoms with van der Waals surface area (Å²) in [7, 11) is -3.02. The zero-order valence-electron chi connectivity index (χ0n) is 9.06. The van der Waals surface area contributed by atoms with Gasteiger partial charge in [-0.1, -0.05) is 6.92 Å². The SMILES string of the molecule is CCC1CN(S(=O)(=O)C(C)C)CCS1. The summed E-state index contributed by atoms with van der Waals surface area (Å²) in [4.78, 5) is 0. The Bertz CT molecular complexity index is 275. The molecule has 0 saturated carbocycles. The molecule has 0 N–H and O–H groups in total. The average molecular weight is 237 g/mol. The van der Waals surface area contributed by atoms with E-state index in [9.17, 15) is 8.42 Å². The summed E-state index contributed by atoms with van der Waals surface area (Å²) in [6, 6.07) is 0. The van der Waals surface area contributed by atoms with E-state index in [0.29, 0.717) is 18.3 Å². The number of nitrogens with zero attached hydrogens (tertiary/aromatic N) is 1. The Kier molecular flexibility index (Phi) is 4.28. The molecule has 1 rings (SSSR count). The van der Waals surface area contributed by atoms with Gasteiger partial charge in [0.15, 0.2) is 0 Å². The van der Waals surface area contributed by atoms with Crippen molar-refractivity contribution in [1.29, 1.82) is 0 Å².